The van der Waals surface area contributed by atoms with Crippen LogP contribution in [0.1, 0.15) is 17.3 Å². The van der Waals surface area contributed by atoms with E-state index < -0.39 is 24.5 Å². The summed E-state index contributed by atoms with van der Waals surface area (Å²) >= 11 is 5.72. The van der Waals surface area contributed by atoms with Crippen LogP contribution in [0, 0.1) is 0 Å². The van der Waals surface area contributed by atoms with Crippen LogP contribution in [0.15, 0.2) is 48.5 Å². The molecule has 2 aromatic rings. The van der Waals surface area contributed by atoms with Gasteiger partial charge in [-0.15, -0.1) is 0 Å². The van der Waals surface area contributed by atoms with Crippen LogP contribution in [-0.4, -0.2) is 42.7 Å². The van der Waals surface area contributed by atoms with Gasteiger partial charge in [0.2, 0.25) is 0 Å². The van der Waals surface area contributed by atoms with E-state index in [1.54, 1.807) is 37.3 Å². The Kier molecular flexibility index (Phi) is 7.19. The number of nitrogens with zero attached hydrogens (tertiary/aromatic N) is 1. The highest BCUT2D eigenvalue weighted by molar-refractivity contribution is 6.30. The van der Waals surface area contributed by atoms with Gasteiger partial charge in [-0.1, -0.05) is 29.8 Å². The highest BCUT2D eigenvalue weighted by Gasteiger charge is 2.22. The molecule has 0 saturated heterocycles. The number of hydrogen-bond donors (Lipinski definition) is 1. The zero-order chi connectivity index (χ0) is 19.8. The second-order valence-electron chi connectivity index (χ2n) is 5.36. The number of rotatable bonds is 7. The van der Waals surface area contributed by atoms with Crippen LogP contribution >= 0.6 is 11.6 Å². The number of para-hydroxylation sites is 1. The Hall–Kier alpha value is -3.06. The van der Waals surface area contributed by atoms with Gasteiger partial charge in [-0.2, -0.15) is 0 Å². The number of benzene rings is 2. The quantitative estimate of drug-likeness (QED) is 0.729. The highest BCUT2D eigenvalue weighted by Crippen LogP contribution is 2.22. The highest BCUT2D eigenvalue weighted by atomic mass is 35.5. The summed E-state index contributed by atoms with van der Waals surface area (Å²) in [4.78, 5) is 37.6. The number of amides is 1. The molecule has 0 aliphatic carbocycles. The van der Waals surface area contributed by atoms with Crippen molar-refractivity contribution in [2.24, 2.45) is 0 Å². The molecule has 0 saturated carbocycles. The minimum Gasteiger partial charge on any atom is -0.507 e. The lowest BCUT2D eigenvalue weighted by Crippen LogP contribution is -2.39. The molecule has 0 unspecified atom stereocenters. The molecule has 2 rings (SSSR count). The number of hydrogen-bond acceptors (Lipinski definition) is 6. The standard InChI is InChI=1S/C19H18ClNO6/c1-2-26-18(24)11-21(14-6-4-3-5-7-14)17(23)12-27-19(25)15-9-8-13(20)10-16(15)22/h3-10,22H,2,11-12H2,1H3. The van der Waals surface area contributed by atoms with Crippen LogP contribution < -0.4 is 4.90 Å². The molecule has 0 aromatic heterocycles. The van der Waals surface area contributed by atoms with Gasteiger partial charge in [0.1, 0.15) is 17.9 Å². The number of carbonyl (C=O) groups excluding carboxylic acids is 3. The molecule has 0 aliphatic rings. The Morgan fingerprint density at radius 2 is 1.78 bits per heavy atom. The van der Waals surface area contributed by atoms with Crippen molar-refractivity contribution >= 4 is 35.1 Å². The SMILES string of the molecule is CCOC(=O)CN(C(=O)COC(=O)c1ccc(Cl)cc1O)c1ccccc1. The van der Waals surface area contributed by atoms with Gasteiger partial charge in [-0.05, 0) is 37.3 Å². The number of phenols is 1. The third kappa shape index (κ3) is 5.72. The molecule has 0 aliphatic heterocycles. The summed E-state index contributed by atoms with van der Waals surface area (Å²) in [5.74, 6) is -2.44. The molecule has 0 atom stereocenters. The molecule has 142 valence electrons. The molecule has 7 nitrogen and oxygen atoms in total. The zero-order valence-corrected chi connectivity index (χ0v) is 15.3. The Bertz CT molecular complexity index is 824. The zero-order valence-electron chi connectivity index (χ0n) is 14.6. The number of esters is 2. The van der Waals surface area contributed by atoms with Gasteiger partial charge in [-0.25, -0.2) is 4.79 Å². The molecule has 8 heteroatoms. The van der Waals surface area contributed by atoms with Crippen LogP contribution in [0.25, 0.3) is 0 Å². The Balaban J connectivity index is 2.08. The van der Waals surface area contributed by atoms with E-state index >= 15 is 0 Å². The Morgan fingerprint density at radius 3 is 2.41 bits per heavy atom. The van der Waals surface area contributed by atoms with Crippen molar-refractivity contribution in [3.63, 3.8) is 0 Å². The topological polar surface area (TPSA) is 93.1 Å². The summed E-state index contributed by atoms with van der Waals surface area (Å²) in [7, 11) is 0. The van der Waals surface area contributed by atoms with E-state index in [1.165, 1.54) is 18.2 Å². The van der Waals surface area contributed by atoms with Gasteiger partial charge in [0.15, 0.2) is 6.61 Å². The first-order valence-electron chi connectivity index (χ1n) is 8.09. The maximum absolute atomic E-state index is 12.5. The summed E-state index contributed by atoms with van der Waals surface area (Å²) < 4.78 is 9.85. The molecule has 0 spiro atoms. The Morgan fingerprint density at radius 1 is 1.07 bits per heavy atom. The summed E-state index contributed by atoms with van der Waals surface area (Å²) in [6, 6.07) is 12.4. The van der Waals surface area contributed by atoms with Gasteiger partial charge >= 0.3 is 11.9 Å². The van der Waals surface area contributed by atoms with Gasteiger partial charge < -0.3 is 14.6 Å². The monoisotopic (exact) mass is 391 g/mol. The molecule has 27 heavy (non-hydrogen) atoms. The fourth-order valence-corrected chi connectivity index (χ4v) is 2.39. The van der Waals surface area contributed by atoms with Crippen molar-refractivity contribution in [3.8, 4) is 5.75 Å². The van der Waals surface area contributed by atoms with Gasteiger partial charge in [0, 0.05) is 10.7 Å². The minimum absolute atomic E-state index is 0.121. The van der Waals surface area contributed by atoms with Crippen LogP contribution in [0.5, 0.6) is 5.75 Å². The van der Waals surface area contributed by atoms with Crippen LogP contribution in [0.3, 0.4) is 0 Å². The maximum Gasteiger partial charge on any atom is 0.342 e. The number of ether oxygens (including phenoxy) is 2. The third-order valence-corrected chi connectivity index (χ3v) is 3.70. The number of phenolic OH excluding ortho intramolecular Hbond substituents is 1. The van der Waals surface area contributed by atoms with Crippen molar-refractivity contribution < 1.29 is 29.0 Å². The smallest absolute Gasteiger partial charge is 0.342 e. The molecule has 0 fully saturated rings. The Labute approximate surface area is 161 Å². The van der Waals surface area contributed by atoms with E-state index in [1.807, 2.05) is 0 Å². The third-order valence-electron chi connectivity index (χ3n) is 3.47. The van der Waals surface area contributed by atoms with E-state index in [2.05, 4.69) is 0 Å². The van der Waals surface area contributed by atoms with Crippen molar-refractivity contribution in [2.45, 2.75) is 6.92 Å². The number of aromatic hydroxyl groups is 1. The first-order valence-corrected chi connectivity index (χ1v) is 8.46. The number of carbonyl (C=O) groups is 3. The fourth-order valence-electron chi connectivity index (χ4n) is 2.23. The van der Waals surface area contributed by atoms with E-state index in [4.69, 9.17) is 21.1 Å². The average Bonchev–Trinajstić information content (AvgIpc) is 2.65. The van der Waals surface area contributed by atoms with E-state index in [0.717, 1.165) is 4.90 Å². The molecule has 0 bridgehead atoms. The normalized spacial score (nSPS) is 10.1. The van der Waals surface area contributed by atoms with E-state index in [9.17, 15) is 19.5 Å². The van der Waals surface area contributed by atoms with E-state index in [-0.39, 0.29) is 29.5 Å². The summed E-state index contributed by atoms with van der Waals surface area (Å²) in [5.41, 5.74) is 0.338. The van der Waals surface area contributed by atoms with Gasteiger partial charge in [0.05, 0.1) is 6.61 Å². The maximum atomic E-state index is 12.5. The van der Waals surface area contributed by atoms with Crippen LogP contribution in [-0.2, 0) is 19.1 Å². The largest absolute Gasteiger partial charge is 0.507 e. The van der Waals surface area contributed by atoms with Crippen LogP contribution in [0.2, 0.25) is 5.02 Å². The molecule has 1 N–H and O–H groups in total. The molecule has 0 radical (unpaired) electrons. The van der Waals surface area contributed by atoms with Crippen molar-refractivity contribution in [2.75, 3.05) is 24.7 Å². The average molecular weight is 392 g/mol. The predicted octanol–water partition coefficient (Wildman–Crippen LogP) is 2.80. The summed E-state index contributed by atoms with van der Waals surface area (Å²) in [5, 5.41) is 10.0. The molecular formula is C19H18ClNO6. The molecule has 1 amide bonds. The van der Waals surface area contributed by atoms with Gasteiger partial charge in [-0.3, -0.25) is 14.5 Å². The second-order valence-corrected chi connectivity index (χ2v) is 5.79. The first kappa shape index (κ1) is 20.3. The second kappa shape index (κ2) is 9.59. The lowest BCUT2D eigenvalue weighted by Gasteiger charge is -2.21. The van der Waals surface area contributed by atoms with Gasteiger partial charge in [0.25, 0.3) is 5.91 Å². The predicted molar refractivity (Wildman–Crippen MR) is 98.8 cm³/mol. The lowest BCUT2D eigenvalue weighted by molar-refractivity contribution is -0.142. The minimum atomic E-state index is -0.887. The summed E-state index contributed by atoms with van der Waals surface area (Å²) in [6.45, 7) is 0.906. The number of anilines is 1. The first-order chi connectivity index (χ1) is 12.9. The molecular weight excluding hydrogens is 374 g/mol. The molecule has 0 heterocycles. The lowest BCUT2D eigenvalue weighted by atomic mass is 10.2. The van der Waals surface area contributed by atoms with Crippen molar-refractivity contribution in [1.82, 2.24) is 0 Å². The molecule has 2 aromatic carbocycles. The van der Waals surface area contributed by atoms with E-state index in [0.29, 0.717) is 5.69 Å². The van der Waals surface area contributed by atoms with Crippen LogP contribution in [0.4, 0.5) is 5.69 Å². The van der Waals surface area contributed by atoms with Crippen molar-refractivity contribution in [3.05, 3.63) is 59.1 Å². The van der Waals surface area contributed by atoms with Crippen molar-refractivity contribution in [1.29, 1.82) is 0 Å². The summed E-state index contributed by atoms with van der Waals surface area (Å²) in [6.07, 6.45) is 0. The number of halogens is 1. The fraction of sp³-hybridized carbons (Fsp3) is 0.211.